The fraction of sp³-hybridized carbons (Fsp3) is 0.562. The van der Waals surface area contributed by atoms with E-state index in [9.17, 15) is 4.79 Å². The van der Waals surface area contributed by atoms with Gasteiger partial charge in [-0.25, -0.2) is 0 Å². The number of carboxylic acids is 1. The van der Waals surface area contributed by atoms with Gasteiger partial charge in [-0.15, -0.1) is 0 Å². The zero-order chi connectivity index (χ0) is 14.3. The lowest BCUT2D eigenvalue weighted by Gasteiger charge is -2.29. The number of nitrogens with zero attached hydrogens (tertiary/aromatic N) is 1. The monoisotopic (exact) mass is 263 g/mol. The van der Waals surface area contributed by atoms with Crippen LogP contribution in [0.25, 0.3) is 0 Å². The van der Waals surface area contributed by atoms with Crippen molar-refractivity contribution in [2.75, 3.05) is 13.1 Å². The van der Waals surface area contributed by atoms with Crippen molar-refractivity contribution in [3.63, 3.8) is 0 Å². The molecule has 19 heavy (non-hydrogen) atoms. The zero-order valence-electron chi connectivity index (χ0n) is 12.2. The number of benzene rings is 1. The predicted molar refractivity (Wildman–Crippen MR) is 78.4 cm³/mol. The van der Waals surface area contributed by atoms with Gasteiger partial charge in [0.2, 0.25) is 0 Å². The number of aryl methyl sites for hydroxylation is 1. The molecule has 1 aromatic rings. The molecule has 0 heterocycles. The van der Waals surface area contributed by atoms with E-state index in [1.165, 1.54) is 11.1 Å². The summed E-state index contributed by atoms with van der Waals surface area (Å²) in [6.45, 7) is 7.27. The second kappa shape index (κ2) is 7.95. The number of aliphatic carboxylic acids is 1. The van der Waals surface area contributed by atoms with E-state index in [4.69, 9.17) is 5.11 Å². The first-order valence-electron chi connectivity index (χ1n) is 7.17. The highest BCUT2D eigenvalue weighted by Crippen LogP contribution is 2.24. The van der Waals surface area contributed by atoms with Crippen LogP contribution in [-0.2, 0) is 11.2 Å². The Hall–Kier alpha value is -1.35. The molecule has 0 aliphatic rings. The summed E-state index contributed by atoms with van der Waals surface area (Å²) in [5, 5.41) is 9.04. The van der Waals surface area contributed by atoms with E-state index in [-0.39, 0.29) is 12.6 Å². The van der Waals surface area contributed by atoms with Gasteiger partial charge in [-0.05, 0) is 36.9 Å². The van der Waals surface area contributed by atoms with E-state index in [0.717, 1.165) is 25.8 Å². The largest absolute Gasteiger partial charge is 0.480 e. The molecule has 3 nitrogen and oxygen atoms in total. The summed E-state index contributed by atoms with van der Waals surface area (Å²) in [6.07, 6.45) is 2.93. The summed E-state index contributed by atoms with van der Waals surface area (Å²) >= 11 is 0. The van der Waals surface area contributed by atoms with Gasteiger partial charge < -0.3 is 5.11 Å². The highest BCUT2D eigenvalue weighted by Gasteiger charge is 2.20. The lowest BCUT2D eigenvalue weighted by Crippen LogP contribution is -2.34. The Bertz CT molecular complexity index is 386. The van der Waals surface area contributed by atoms with Crippen LogP contribution in [0, 0.1) is 0 Å². The van der Waals surface area contributed by atoms with Crippen molar-refractivity contribution in [3.05, 3.63) is 35.4 Å². The van der Waals surface area contributed by atoms with Crippen molar-refractivity contribution in [1.82, 2.24) is 4.90 Å². The molecule has 0 saturated heterocycles. The molecule has 0 fully saturated rings. The van der Waals surface area contributed by atoms with Crippen molar-refractivity contribution in [2.24, 2.45) is 0 Å². The summed E-state index contributed by atoms with van der Waals surface area (Å²) in [5.41, 5.74) is 2.54. The average molecular weight is 263 g/mol. The smallest absolute Gasteiger partial charge is 0.317 e. The number of hydrogen-bond donors (Lipinski definition) is 1. The number of carboxylic acid groups (broad SMARTS) is 1. The van der Waals surface area contributed by atoms with Crippen LogP contribution < -0.4 is 0 Å². The lowest BCUT2D eigenvalue weighted by molar-refractivity contribution is -0.139. The summed E-state index contributed by atoms with van der Waals surface area (Å²) in [5.74, 6) is -0.753. The van der Waals surface area contributed by atoms with Crippen LogP contribution in [0.2, 0.25) is 0 Å². The third kappa shape index (κ3) is 4.67. The fourth-order valence-corrected chi connectivity index (χ4v) is 2.49. The van der Waals surface area contributed by atoms with E-state index in [1.54, 1.807) is 0 Å². The highest BCUT2D eigenvalue weighted by atomic mass is 16.4. The normalized spacial score (nSPS) is 12.6. The number of carbonyl (C=O) groups is 1. The number of rotatable bonds is 8. The van der Waals surface area contributed by atoms with E-state index in [1.807, 2.05) is 0 Å². The van der Waals surface area contributed by atoms with E-state index in [0.29, 0.717) is 0 Å². The molecule has 1 rings (SSSR count). The van der Waals surface area contributed by atoms with E-state index >= 15 is 0 Å². The van der Waals surface area contributed by atoms with Gasteiger partial charge in [0.1, 0.15) is 0 Å². The minimum absolute atomic E-state index is 0.113. The standard InChI is InChI=1S/C16H25NO2/c1-4-11-17(12-16(18)19)15(6-3)14-9-7-13(5-2)8-10-14/h7-10,15H,4-6,11-12H2,1-3H3,(H,18,19). The SMILES string of the molecule is CCCN(CC(=O)O)C(CC)c1ccc(CC)cc1. The minimum atomic E-state index is -0.753. The molecule has 106 valence electrons. The first kappa shape index (κ1) is 15.7. The second-order valence-electron chi connectivity index (χ2n) is 4.88. The quantitative estimate of drug-likeness (QED) is 0.780. The van der Waals surface area contributed by atoms with Crippen molar-refractivity contribution >= 4 is 5.97 Å². The number of hydrogen-bond acceptors (Lipinski definition) is 2. The predicted octanol–water partition coefficient (Wildman–Crippen LogP) is 3.50. The highest BCUT2D eigenvalue weighted by molar-refractivity contribution is 5.69. The molecule has 0 aliphatic heterocycles. The Morgan fingerprint density at radius 2 is 1.84 bits per heavy atom. The van der Waals surface area contributed by atoms with Gasteiger partial charge in [-0.2, -0.15) is 0 Å². The van der Waals surface area contributed by atoms with Crippen LogP contribution in [0.1, 0.15) is 50.8 Å². The van der Waals surface area contributed by atoms with Crippen molar-refractivity contribution < 1.29 is 9.90 Å². The third-order valence-electron chi connectivity index (χ3n) is 3.45. The van der Waals surface area contributed by atoms with Gasteiger partial charge >= 0.3 is 5.97 Å². The Kier molecular flexibility index (Phi) is 6.57. The van der Waals surface area contributed by atoms with Gasteiger partial charge in [0.05, 0.1) is 6.54 Å². The summed E-state index contributed by atoms with van der Waals surface area (Å²) in [6, 6.07) is 8.75. The van der Waals surface area contributed by atoms with Gasteiger partial charge in [0.25, 0.3) is 0 Å². The van der Waals surface area contributed by atoms with Crippen LogP contribution in [-0.4, -0.2) is 29.1 Å². The maximum Gasteiger partial charge on any atom is 0.317 e. The van der Waals surface area contributed by atoms with E-state index in [2.05, 4.69) is 49.9 Å². The zero-order valence-corrected chi connectivity index (χ0v) is 12.2. The molecule has 1 aromatic carbocycles. The maximum absolute atomic E-state index is 11.0. The minimum Gasteiger partial charge on any atom is -0.480 e. The molecule has 1 N–H and O–H groups in total. The topological polar surface area (TPSA) is 40.5 Å². The van der Waals surface area contributed by atoms with Crippen molar-refractivity contribution in [2.45, 2.75) is 46.1 Å². The molecule has 1 unspecified atom stereocenters. The molecule has 0 bridgehead atoms. The van der Waals surface area contributed by atoms with Crippen molar-refractivity contribution in [3.8, 4) is 0 Å². The summed E-state index contributed by atoms with van der Waals surface area (Å²) in [4.78, 5) is 13.1. The van der Waals surface area contributed by atoms with Crippen LogP contribution >= 0.6 is 0 Å². The molecule has 0 amide bonds. The Labute approximate surface area is 116 Å². The molecule has 1 atom stereocenters. The average Bonchev–Trinajstić information content (AvgIpc) is 2.40. The summed E-state index contributed by atoms with van der Waals surface area (Å²) in [7, 11) is 0. The van der Waals surface area contributed by atoms with Crippen LogP contribution in [0.15, 0.2) is 24.3 Å². The Morgan fingerprint density at radius 1 is 1.21 bits per heavy atom. The molecule has 0 spiro atoms. The van der Waals surface area contributed by atoms with Crippen LogP contribution in [0.3, 0.4) is 0 Å². The fourth-order valence-electron chi connectivity index (χ4n) is 2.49. The molecule has 3 heteroatoms. The molecule has 0 saturated carbocycles. The van der Waals surface area contributed by atoms with Crippen LogP contribution in [0.5, 0.6) is 0 Å². The van der Waals surface area contributed by atoms with Crippen LogP contribution in [0.4, 0.5) is 0 Å². The molecule has 0 aliphatic carbocycles. The van der Waals surface area contributed by atoms with E-state index < -0.39 is 5.97 Å². The molecular formula is C16H25NO2. The first-order valence-corrected chi connectivity index (χ1v) is 7.17. The lowest BCUT2D eigenvalue weighted by atomic mass is 10.00. The summed E-state index contributed by atoms with van der Waals surface area (Å²) < 4.78 is 0. The molecule has 0 radical (unpaired) electrons. The van der Waals surface area contributed by atoms with Gasteiger partial charge in [0, 0.05) is 6.04 Å². The molecule has 0 aromatic heterocycles. The third-order valence-corrected chi connectivity index (χ3v) is 3.45. The molecular weight excluding hydrogens is 238 g/mol. The second-order valence-corrected chi connectivity index (χ2v) is 4.88. The Balaban J connectivity index is 2.90. The van der Waals surface area contributed by atoms with Gasteiger partial charge in [0.15, 0.2) is 0 Å². The van der Waals surface area contributed by atoms with Gasteiger partial charge in [-0.1, -0.05) is 45.0 Å². The Morgan fingerprint density at radius 3 is 2.26 bits per heavy atom. The maximum atomic E-state index is 11.0. The first-order chi connectivity index (χ1) is 9.12. The van der Waals surface area contributed by atoms with Gasteiger partial charge in [-0.3, -0.25) is 9.69 Å². The van der Waals surface area contributed by atoms with Crippen molar-refractivity contribution in [1.29, 1.82) is 0 Å².